The smallest absolute Gasteiger partial charge is 0.0620 e. The first-order valence-electron chi connectivity index (χ1n) is 15.2. The van der Waals surface area contributed by atoms with Crippen LogP contribution in [-0.4, -0.2) is 8.97 Å². The van der Waals surface area contributed by atoms with Crippen molar-refractivity contribution in [2.75, 3.05) is 0 Å². The molecule has 7 aromatic carbocycles. The molecule has 0 radical (unpaired) electrons. The quantitative estimate of drug-likeness (QED) is 0.204. The summed E-state index contributed by atoms with van der Waals surface area (Å²) in [5, 5.41) is 7.74. The summed E-state index contributed by atoms with van der Waals surface area (Å²) in [5.74, 6) is 0. The lowest BCUT2D eigenvalue weighted by atomic mass is 9.98. The molecule has 204 valence electrons. The molecule has 2 nitrogen and oxygen atoms in total. The van der Waals surface area contributed by atoms with Crippen LogP contribution >= 0.6 is 0 Å². The molecule has 0 amide bonds. The van der Waals surface area contributed by atoms with Gasteiger partial charge in [-0.3, -0.25) is 0 Å². The van der Waals surface area contributed by atoms with E-state index in [2.05, 4.69) is 167 Å². The monoisotopic (exact) mass is 558 g/mol. The van der Waals surface area contributed by atoms with Gasteiger partial charge in [-0.1, -0.05) is 109 Å². The molecule has 0 fully saturated rings. The molecule has 10 rings (SSSR count). The Morgan fingerprint density at radius 1 is 0.295 bits per heavy atom. The fourth-order valence-corrected chi connectivity index (χ4v) is 7.50. The summed E-state index contributed by atoms with van der Waals surface area (Å²) in [6.45, 7) is 0. The number of fused-ring (bicyclic) bond motifs is 9. The lowest BCUT2D eigenvalue weighted by molar-refractivity contribution is 1.18. The van der Waals surface area contributed by atoms with E-state index in [4.69, 9.17) is 0 Å². The zero-order valence-electron chi connectivity index (χ0n) is 23.9. The third-order valence-electron chi connectivity index (χ3n) is 9.42. The number of hydrogen-bond acceptors (Lipinski definition) is 0. The zero-order chi connectivity index (χ0) is 28.8. The van der Waals surface area contributed by atoms with Crippen molar-refractivity contribution in [3.8, 4) is 27.9 Å². The molecule has 0 atom stereocenters. The van der Waals surface area contributed by atoms with E-state index in [9.17, 15) is 0 Å². The molecule has 0 N–H and O–H groups in total. The van der Waals surface area contributed by atoms with Crippen molar-refractivity contribution in [2.45, 2.75) is 0 Å². The van der Waals surface area contributed by atoms with Gasteiger partial charge in [0.15, 0.2) is 0 Å². The molecule has 44 heavy (non-hydrogen) atoms. The largest absolute Gasteiger partial charge is 0.309 e. The summed E-state index contributed by atoms with van der Waals surface area (Å²) in [6, 6.07) is 57.7. The van der Waals surface area contributed by atoms with Crippen LogP contribution in [0.1, 0.15) is 0 Å². The number of hydrogen-bond donors (Lipinski definition) is 0. The van der Waals surface area contributed by atoms with Gasteiger partial charge < -0.3 is 8.97 Å². The first kappa shape index (κ1) is 23.7. The molecule has 3 heterocycles. The molecule has 0 aliphatic rings. The van der Waals surface area contributed by atoms with E-state index >= 15 is 0 Å². The molecule has 0 spiro atoms. The maximum atomic E-state index is 2.44. The Balaban J connectivity index is 1.26. The summed E-state index contributed by atoms with van der Waals surface area (Å²) < 4.78 is 4.87. The molecule has 3 aromatic heterocycles. The lowest BCUT2D eigenvalue weighted by Gasteiger charge is -2.11. The first-order chi connectivity index (χ1) is 21.8. The average Bonchev–Trinajstić information content (AvgIpc) is 3.73. The molecule has 0 saturated carbocycles. The van der Waals surface area contributed by atoms with Crippen LogP contribution in [0.3, 0.4) is 0 Å². The third kappa shape index (κ3) is 3.20. The number of para-hydroxylation sites is 3. The van der Waals surface area contributed by atoms with Gasteiger partial charge in [0.2, 0.25) is 0 Å². The minimum Gasteiger partial charge on any atom is -0.309 e. The molecular formula is C42H26N2. The Morgan fingerprint density at radius 2 is 0.841 bits per heavy atom. The van der Waals surface area contributed by atoms with E-state index in [1.807, 2.05) is 0 Å². The summed E-state index contributed by atoms with van der Waals surface area (Å²) >= 11 is 0. The van der Waals surface area contributed by atoms with Crippen molar-refractivity contribution in [3.63, 3.8) is 0 Å². The highest BCUT2D eigenvalue weighted by Gasteiger charge is 2.19. The summed E-state index contributed by atoms with van der Waals surface area (Å²) in [4.78, 5) is 0. The van der Waals surface area contributed by atoms with E-state index in [1.54, 1.807) is 0 Å². The maximum absolute atomic E-state index is 2.44. The fourth-order valence-electron chi connectivity index (χ4n) is 7.50. The number of aromatic nitrogens is 2. The van der Waals surface area contributed by atoms with E-state index in [-0.39, 0.29) is 0 Å². The van der Waals surface area contributed by atoms with Crippen LogP contribution in [0, 0.1) is 0 Å². The van der Waals surface area contributed by atoms with Crippen LogP contribution in [-0.2, 0) is 0 Å². The second-order valence-corrected chi connectivity index (χ2v) is 11.8. The van der Waals surface area contributed by atoms with Gasteiger partial charge in [0.25, 0.3) is 0 Å². The van der Waals surface area contributed by atoms with Gasteiger partial charge in [-0.05, 0) is 70.8 Å². The third-order valence-corrected chi connectivity index (χ3v) is 9.42. The van der Waals surface area contributed by atoms with Gasteiger partial charge in [-0.25, -0.2) is 0 Å². The van der Waals surface area contributed by atoms with Crippen molar-refractivity contribution in [3.05, 3.63) is 158 Å². The van der Waals surface area contributed by atoms with Gasteiger partial charge in [0, 0.05) is 38.0 Å². The Labute approximate surface area is 254 Å². The van der Waals surface area contributed by atoms with E-state index in [0.29, 0.717) is 0 Å². The fraction of sp³-hybridized carbons (Fsp3) is 0. The lowest BCUT2D eigenvalue weighted by Crippen LogP contribution is -1.94. The van der Waals surface area contributed by atoms with Gasteiger partial charge in [0.05, 0.1) is 27.6 Å². The predicted molar refractivity (Wildman–Crippen MR) is 186 cm³/mol. The average molecular weight is 559 g/mol. The zero-order valence-corrected chi connectivity index (χ0v) is 23.9. The molecule has 0 bridgehead atoms. The highest BCUT2D eigenvalue weighted by atomic mass is 15.0. The number of benzene rings is 7. The Hall–Kier alpha value is -5.86. The molecule has 0 saturated heterocycles. The number of nitrogens with zero attached hydrogens (tertiary/aromatic N) is 2. The summed E-state index contributed by atoms with van der Waals surface area (Å²) in [7, 11) is 0. The molecule has 0 aliphatic heterocycles. The number of rotatable bonds is 3. The molecule has 2 heteroatoms. The molecule has 0 aliphatic carbocycles. The van der Waals surface area contributed by atoms with Gasteiger partial charge in [-0.15, -0.1) is 0 Å². The predicted octanol–water partition coefficient (Wildman–Crippen LogP) is 11.3. The van der Waals surface area contributed by atoms with Gasteiger partial charge in [0.1, 0.15) is 0 Å². The Morgan fingerprint density at radius 3 is 1.55 bits per heavy atom. The van der Waals surface area contributed by atoms with Crippen molar-refractivity contribution in [1.29, 1.82) is 0 Å². The molecule has 10 aromatic rings. The van der Waals surface area contributed by atoms with Crippen LogP contribution in [0.5, 0.6) is 0 Å². The van der Waals surface area contributed by atoms with Crippen LogP contribution in [0.15, 0.2) is 158 Å². The van der Waals surface area contributed by atoms with E-state index in [1.165, 1.54) is 87.8 Å². The van der Waals surface area contributed by atoms with Crippen LogP contribution < -0.4 is 0 Å². The topological polar surface area (TPSA) is 9.34 Å². The second-order valence-electron chi connectivity index (χ2n) is 11.8. The minimum absolute atomic E-state index is 1.17. The highest BCUT2D eigenvalue weighted by Crippen LogP contribution is 2.42. The SMILES string of the molecule is c1ccc(-c2cccc(-n3c4ccccc4c4ccc(-c5cc6c7ccccc7n7c8ccccc8c(c5)c67)cc43)c2)cc1. The normalized spacial score (nSPS) is 12.1. The van der Waals surface area contributed by atoms with E-state index < -0.39 is 0 Å². The van der Waals surface area contributed by atoms with Crippen molar-refractivity contribution >= 4 is 59.9 Å². The molecular weight excluding hydrogens is 532 g/mol. The summed E-state index contributed by atoms with van der Waals surface area (Å²) in [5.41, 5.74) is 12.3. The maximum Gasteiger partial charge on any atom is 0.0620 e. The summed E-state index contributed by atoms with van der Waals surface area (Å²) in [6.07, 6.45) is 0. The van der Waals surface area contributed by atoms with E-state index in [0.717, 1.165) is 0 Å². The van der Waals surface area contributed by atoms with Crippen molar-refractivity contribution in [1.82, 2.24) is 8.97 Å². The molecule has 0 unspecified atom stereocenters. The standard InChI is InChI=1S/C42H26N2/c1-2-11-27(12-3-1)28-13-10-14-31(23-28)43-38-18-7-4-15-32(38)35-22-21-29(26-41(35)43)30-24-36-33-16-5-8-19-39(33)44-40-20-9-6-17-34(40)37(25-30)42(36)44/h1-26H. The highest BCUT2D eigenvalue weighted by molar-refractivity contribution is 6.24. The second kappa shape index (κ2) is 8.82. The van der Waals surface area contributed by atoms with Crippen LogP contribution in [0.4, 0.5) is 0 Å². The van der Waals surface area contributed by atoms with Crippen molar-refractivity contribution in [2.24, 2.45) is 0 Å². The van der Waals surface area contributed by atoms with Gasteiger partial charge in [-0.2, -0.15) is 0 Å². The Kier molecular flexibility index (Phi) is 4.75. The van der Waals surface area contributed by atoms with Gasteiger partial charge >= 0.3 is 0 Å². The van der Waals surface area contributed by atoms with Crippen molar-refractivity contribution < 1.29 is 0 Å². The van der Waals surface area contributed by atoms with Crippen LogP contribution in [0.25, 0.3) is 87.8 Å². The van der Waals surface area contributed by atoms with Crippen LogP contribution in [0.2, 0.25) is 0 Å². The Bertz CT molecular complexity index is 2620. The minimum atomic E-state index is 1.17. The first-order valence-corrected chi connectivity index (χ1v) is 15.2.